The number of aromatic nitrogens is 6. The van der Waals surface area contributed by atoms with Gasteiger partial charge in [-0.25, -0.2) is 9.37 Å². The molecule has 9 heteroatoms. The molecule has 0 aliphatic heterocycles. The third-order valence-corrected chi connectivity index (χ3v) is 6.28. The molecule has 2 atom stereocenters. The Bertz CT molecular complexity index is 1480. The highest BCUT2D eigenvalue weighted by molar-refractivity contribution is 5.85. The van der Waals surface area contributed by atoms with Crippen LogP contribution in [0.15, 0.2) is 48.9 Å². The van der Waals surface area contributed by atoms with E-state index in [1.165, 1.54) is 28.2 Å². The zero-order valence-corrected chi connectivity index (χ0v) is 18.1. The molecular weight excluding hydrogens is 419 g/mol. The lowest BCUT2D eigenvalue weighted by atomic mass is 9.91. The first kappa shape index (κ1) is 19.8. The number of hydrogen-bond acceptors (Lipinski definition) is 6. The van der Waals surface area contributed by atoms with E-state index < -0.39 is 5.82 Å². The van der Waals surface area contributed by atoms with E-state index in [9.17, 15) is 4.39 Å². The van der Waals surface area contributed by atoms with Gasteiger partial charge in [-0.1, -0.05) is 18.2 Å². The van der Waals surface area contributed by atoms with E-state index in [-0.39, 0.29) is 12.1 Å². The second-order valence-electron chi connectivity index (χ2n) is 8.60. The summed E-state index contributed by atoms with van der Waals surface area (Å²) in [5.74, 6) is 0.494. The number of nitrogens with zero attached hydrogens (tertiary/aromatic N) is 5. The van der Waals surface area contributed by atoms with Gasteiger partial charge >= 0.3 is 0 Å². The van der Waals surface area contributed by atoms with Crippen LogP contribution < -0.4 is 11.1 Å². The van der Waals surface area contributed by atoms with Crippen molar-refractivity contribution in [3.8, 4) is 11.4 Å². The highest BCUT2D eigenvalue weighted by atomic mass is 19.1. The summed E-state index contributed by atoms with van der Waals surface area (Å²) in [6.45, 7) is 1.88. The molecule has 1 aromatic carbocycles. The molecule has 8 nitrogen and oxygen atoms in total. The van der Waals surface area contributed by atoms with Gasteiger partial charge in [0.05, 0.1) is 12.4 Å². The van der Waals surface area contributed by atoms with Crippen LogP contribution in [0.4, 0.5) is 10.3 Å². The van der Waals surface area contributed by atoms with Gasteiger partial charge in [-0.2, -0.15) is 14.6 Å². The summed E-state index contributed by atoms with van der Waals surface area (Å²) < 4.78 is 15.5. The van der Waals surface area contributed by atoms with Crippen LogP contribution in [0.5, 0.6) is 0 Å². The Balaban J connectivity index is 1.41. The van der Waals surface area contributed by atoms with Crippen molar-refractivity contribution in [3.63, 3.8) is 0 Å². The predicted octanol–water partition coefficient (Wildman–Crippen LogP) is 3.80. The van der Waals surface area contributed by atoms with E-state index in [1.54, 1.807) is 16.9 Å². The molecule has 0 radical (unpaired) electrons. The summed E-state index contributed by atoms with van der Waals surface area (Å²) in [5.41, 5.74) is 11.9. The number of halogens is 1. The van der Waals surface area contributed by atoms with Crippen molar-refractivity contribution in [3.05, 3.63) is 71.6 Å². The number of rotatable bonds is 4. The summed E-state index contributed by atoms with van der Waals surface area (Å²) in [5, 5.41) is 9.33. The van der Waals surface area contributed by atoms with Gasteiger partial charge in [-0.05, 0) is 43.9 Å². The van der Waals surface area contributed by atoms with Gasteiger partial charge in [0, 0.05) is 46.0 Å². The molecule has 1 aliphatic rings. The number of anilines is 1. The molecule has 0 unspecified atom stereocenters. The molecule has 0 amide bonds. The van der Waals surface area contributed by atoms with Crippen molar-refractivity contribution in [1.82, 2.24) is 29.5 Å². The van der Waals surface area contributed by atoms with E-state index in [0.29, 0.717) is 23.0 Å². The fraction of sp³-hybridized carbons (Fsp3) is 0.250. The van der Waals surface area contributed by atoms with Gasteiger partial charge in [0.2, 0.25) is 5.95 Å². The lowest BCUT2D eigenvalue weighted by Crippen LogP contribution is -2.29. The summed E-state index contributed by atoms with van der Waals surface area (Å²) in [4.78, 5) is 16.9. The first-order valence-electron chi connectivity index (χ1n) is 11.0. The van der Waals surface area contributed by atoms with Crippen LogP contribution in [0.3, 0.4) is 0 Å². The Kier molecular flexibility index (Phi) is 4.58. The van der Waals surface area contributed by atoms with Crippen LogP contribution in [0, 0.1) is 5.82 Å². The molecule has 0 saturated carbocycles. The van der Waals surface area contributed by atoms with Gasteiger partial charge in [0.25, 0.3) is 0 Å². The number of nitrogens with two attached hydrogens (primary N) is 1. The highest BCUT2D eigenvalue weighted by Gasteiger charge is 2.24. The number of fused-ring (bicyclic) bond motifs is 4. The third-order valence-electron chi connectivity index (χ3n) is 6.28. The Hall–Kier alpha value is -3.85. The van der Waals surface area contributed by atoms with Crippen molar-refractivity contribution in [2.24, 2.45) is 5.73 Å². The van der Waals surface area contributed by atoms with Crippen LogP contribution in [0.25, 0.3) is 27.9 Å². The Morgan fingerprint density at radius 3 is 2.94 bits per heavy atom. The zero-order valence-electron chi connectivity index (χ0n) is 18.1. The topological polar surface area (TPSA) is 110 Å². The van der Waals surface area contributed by atoms with Gasteiger partial charge in [-0.3, -0.25) is 4.98 Å². The first-order valence-corrected chi connectivity index (χ1v) is 11.0. The van der Waals surface area contributed by atoms with Crippen molar-refractivity contribution in [1.29, 1.82) is 0 Å². The number of aromatic amines is 1. The van der Waals surface area contributed by atoms with Crippen molar-refractivity contribution in [2.75, 3.05) is 5.32 Å². The Morgan fingerprint density at radius 1 is 1.21 bits per heavy atom. The maximum atomic E-state index is 13.9. The number of nitrogens with one attached hydrogen (secondary N) is 2. The van der Waals surface area contributed by atoms with Crippen molar-refractivity contribution < 1.29 is 4.39 Å². The van der Waals surface area contributed by atoms with E-state index in [2.05, 4.69) is 43.6 Å². The number of pyridine rings is 1. The monoisotopic (exact) mass is 442 g/mol. The molecule has 0 spiro atoms. The molecule has 0 saturated heterocycles. The average Bonchev–Trinajstić information content (AvgIpc) is 3.41. The quantitative estimate of drug-likeness (QED) is 0.391. The second-order valence-corrected chi connectivity index (χ2v) is 8.60. The van der Waals surface area contributed by atoms with Gasteiger partial charge in [0.1, 0.15) is 5.82 Å². The van der Waals surface area contributed by atoms with E-state index in [1.807, 2.05) is 13.0 Å². The van der Waals surface area contributed by atoms with Crippen LogP contribution in [0.2, 0.25) is 0 Å². The Morgan fingerprint density at radius 2 is 2.09 bits per heavy atom. The second kappa shape index (κ2) is 7.63. The molecule has 4 N–H and O–H groups in total. The summed E-state index contributed by atoms with van der Waals surface area (Å²) in [6.07, 6.45) is 7.19. The molecule has 0 fully saturated rings. The van der Waals surface area contributed by atoms with E-state index in [4.69, 9.17) is 10.7 Å². The largest absolute Gasteiger partial charge is 0.358 e. The lowest BCUT2D eigenvalue weighted by molar-refractivity contribution is 0.599. The molecule has 4 heterocycles. The molecule has 1 aliphatic carbocycles. The molecule has 166 valence electrons. The molecule has 6 rings (SSSR count). The number of aryl methyl sites for hydroxylation is 1. The first-order chi connectivity index (χ1) is 16.1. The van der Waals surface area contributed by atoms with E-state index in [0.717, 1.165) is 31.0 Å². The fourth-order valence-corrected chi connectivity index (χ4v) is 4.65. The molecule has 0 bridgehead atoms. The van der Waals surface area contributed by atoms with Crippen molar-refractivity contribution in [2.45, 2.75) is 38.3 Å². The minimum atomic E-state index is -0.439. The molecule has 33 heavy (non-hydrogen) atoms. The summed E-state index contributed by atoms with van der Waals surface area (Å²) >= 11 is 0. The minimum absolute atomic E-state index is 0.163. The number of benzene rings is 1. The standard InChI is InChI=1S/C24H23FN8/c1-13(26)19-12-28-33-23(19)31-22(14-8-15(25)11-27-10-14)32-24(33)29-16-6-7-21-18(9-16)17-4-2-3-5-20(17)30-21/h2-5,8,10-13,16,30H,6-7,9,26H2,1H3,(H,29,31,32)/t13-,16+/m1/s1. The number of para-hydroxylation sites is 1. The molecular formula is C24H23FN8. The summed E-state index contributed by atoms with van der Waals surface area (Å²) in [7, 11) is 0. The Labute approximate surface area is 189 Å². The van der Waals surface area contributed by atoms with Gasteiger partial charge < -0.3 is 16.0 Å². The SMILES string of the molecule is C[C@@H](N)c1cnn2c(N[C@H]3CCc4[nH]c5ccccc5c4C3)nc(-c3cncc(F)c3)nc12. The number of hydrogen-bond donors (Lipinski definition) is 3. The van der Waals surface area contributed by atoms with E-state index >= 15 is 0 Å². The zero-order chi connectivity index (χ0) is 22.5. The third kappa shape index (κ3) is 3.41. The normalized spacial score (nSPS) is 16.8. The maximum absolute atomic E-state index is 13.9. The van der Waals surface area contributed by atoms with Gasteiger partial charge in [0.15, 0.2) is 11.5 Å². The minimum Gasteiger partial charge on any atom is -0.358 e. The van der Waals surface area contributed by atoms with Crippen LogP contribution >= 0.6 is 0 Å². The van der Waals surface area contributed by atoms with Crippen LogP contribution in [0.1, 0.15) is 36.2 Å². The fourth-order valence-electron chi connectivity index (χ4n) is 4.65. The number of H-pyrrole nitrogens is 1. The smallest absolute Gasteiger partial charge is 0.228 e. The van der Waals surface area contributed by atoms with Crippen molar-refractivity contribution >= 4 is 22.5 Å². The lowest BCUT2D eigenvalue weighted by Gasteiger charge is -2.24. The highest BCUT2D eigenvalue weighted by Crippen LogP contribution is 2.31. The summed E-state index contributed by atoms with van der Waals surface area (Å²) in [6, 6.07) is 9.68. The predicted molar refractivity (Wildman–Crippen MR) is 124 cm³/mol. The maximum Gasteiger partial charge on any atom is 0.228 e. The van der Waals surface area contributed by atoms with Gasteiger partial charge in [-0.15, -0.1) is 0 Å². The average molecular weight is 443 g/mol. The van der Waals surface area contributed by atoms with Crippen LogP contribution in [-0.4, -0.2) is 35.6 Å². The molecule has 4 aromatic heterocycles. The van der Waals surface area contributed by atoms with Crippen LogP contribution in [-0.2, 0) is 12.8 Å². The molecule has 5 aromatic rings.